The molecule has 2 heterocycles. The summed E-state index contributed by atoms with van der Waals surface area (Å²) in [6, 6.07) is 5.47. The van der Waals surface area contributed by atoms with Gasteiger partial charge in [-0.1, -0.05) is 0 Å². The molecule has 0 saturated carbocycles. The Kier molecular flexibility index (Phi) is 4.81. The maximum Gasteiger partial charge on any atom is 0.251 e. The van der Waals surface area contributed by atoms with E-state index in [0.717, 1.165) is 43.6 Å². The fraction of sp³-hybridized carbons (Fsp3) is 0.529. The Morgan fingerprint density at radius 3 is 3.13 bits per heavy atom. The number of benzene rings is 1. The predicted octanol–water partition coefficient (Wildman–Crippen LogP) is 1.76. The smallest absolute Gasteiger partial charge is 0.251 e. The predicted molar refractivity (Wildman–Crippen MR) is 88.9 cm³/mol. The monoisotopic (exact) mass is 317 g/mol. The second-order valence-electron chi connectivity index (χ2n) is 6.03. The largest absolute Gasteiger partial charge is 0.385 e. The van der Waals surface area contributed by atoms with E-state index in [2.05, 4.69) is 15.5 Å². The third-order valence-corrected chi connectivity index (χ3v) is 4.44. The van der Waals surface area contributed by atoms with Crippen LogP contribution in [-0.2, 0) is 9.53 Å². The van der Waals surface area contributed by atoms with Crippen LogP contribution in [0.15, 0.2) is 18.2 Å². The van der Waals surface area contributed by atoms with Gasteiger partial charge in [0.2, 0.25) is 5.91 Å². The van der Waals surface area contributed by atoms with Crippen molar-refractivity contribution in [1.29, 1.82) is 0 Å². The molecular formula is C17H23N3O3. The van der Waals surface area contributed by atoms with Gasteiger partial charge in [0.15, 0.2) is 0 Å². The van der Waals surface area contributed by atoms with E-state index >= 15 is 0 Å². The van der Waals surface area contributed by atoms with Crippen molar-refractivity contribution in [3.63, 3.8) is 0 Å². The Morgan fingerprint density at radius 2 is 2.30 bits per heavy atom. The lowest BCUT2D eigenvalue weighted by Crippen LogP contribution is -2.50. The summed E-state index contributed by atoms with van der Waals surface area (Å²) in [5, 5.41) is 5.81. The van der Waals surface area contributed by atoms with Crippen molar-refractivity contribution < 1.29 is 14.3 Å². The molecule has 1 saturated heterocycles. The van der Waals surface area contributed by atoms with E-state index in [9.17, 15) is 9.59 Å². The van der Waals surface area contributed by atoms with E-state index in [4.69, 9.17) is 4.74 Å². The summed E-state index contributed by atoms with van der Waals surface area (Å²) >= 11 is 0. The molecular weight excluding hydrogens is 294 g/mol. The molecule has 0 aromatic heterocycles. The van der Waals surface area contributed by atoms with Gasteiger partial charge in [-0.2, -0.15) is 0 Å². The van der Waals surface area contributed by atoms with Crippen LogP contribution in [0.2, 0.25) is 0 Å². The highest BCUT2D eigenvalue weighted by atomic mass is 16.5. The van der Waals surface area contributed by atoms with Crippen LogP contribution < -0.4 is 15.5 Å². The van der Waals surface area contributed by atoms with Gasteiger partial charge >= 0.3 is 0 Å². The number of methoxy groups -OCH3 is 1. The van der Waals surface area contributed by atoms with Gasteiger partial charge in [0.25, 0.3) is 5.91 Å². The zero-order valence-corrected chi connectivity index (χ0v) is 13.4. The number of piperidine rings is 1. The van der Waals surface area contributed by atoms with Crippen molar-refractivity contribution in [3.05, 3.63) is 23.8 Å². The Balaban J connectivity index is 1.73. The van der Waals surface area contributed by atoms with E-state index in [0.29, 0.717) is 18.7 Å². The van der Waals surface area contributed by atoms with Crippen LogP contribution in [-0.4, -0.2) is 44.7 Å². The summed E-state index contributed by atoms with van der Waals surface area (Å²) in [4.78, 5) is 26.6. The van der Waals surface area contributed by atoms with Gasteiger partial charge < -0.3 is 20.3 Å². The molecule has 0 unspecified atom stereocenters. The number of rotatable bonds is 5. The number of fused-ring (bicyclic) bond motifs is 3. The maximum absolute atomic E-state index is 12.2. The molecule has 2 aliphatic rings. The molecule has 1 aromatic rings. The van der Waals surface area contributed by atoms with Crippen molar-refractivity contribution in [2.45, 2.75) is 31.7 Å². The summed E-state index contributed by atoms with van der Waals surface area (Å²) in [7, 11) is 1.64. The standard InChI is InChI=1S/C17H23N3O3/c1-23-10-4-8-18-16(21)12-6-7-14-13(11-12)19-17(22)15-5-2-3-9-20(14)15/h6-7,11,15H,2-5,8-10H2,1H3,(H,18,21)(H,19,22)/t15-/m1/s1. The second-order valence-corrected chi connectivity index (χ2v) is 6.03. The van der Waals surface area contributed by atoms with E-state index in [1.54, 1.807) is 13.2 Å². The van der Waals surface area contributed by atoms with Crippen molar-refractivity contribution in [2.75, 3.05) is 37.0 Å². The molecule has 2 N–H and O–H groups in total. The lowest BCUT2D eigenvalue weighted by molar-refractivity contribution is -0.118. The summed E-state index contributed by atoms with van der Waals surface area (Å²) in [6.07, 6.45) is 3.86. The van der Waals surface area contributed by atoms with Gasteiger partial charge in [-0.05, 0) is 43.9 Å². The molecule has 6 heteroatoms. The van der Waals surface area contributed by atoms with Crippen LogP contribution in [0.25, 0.3) is 0 Å². The zero-order valence-electron chi connectivity index (χ0n) is 13.4. The van der Waals surface area contributed by atoms with E-state index in [-0.39, 0.29) is 17.9 Å². The van der Waals surface area contributed by atoms with Crippen LogP contribution in [0.3, 0.4) is 0 Å². The summed E-state index contributed by atoms with van der Waals surface area (Å²) in [5.74, 6) is -0.0891. The molecule has 2 aliphatic heterocycles. The zero-order chi connectivity index (χ0) is 16.2. The highest BCUT2D eigenvalue weighted by Gasteiger charge is 2.34. The Morgan fingerprint density at radius 1 is 1.43 bits per heavy atom. The number of ether oxygens (including phenoxy) is 1. The highest BCUT2D eigenvalue weighted by Crippen LogP contribution is 2.36. The van der Waals surface area contributed by atoms with Gasteiger partial charge in [0, 0.05) is 32.4 Å². The third-order valence-electron chi connectivity index (χ3n) is 4.44. The molecule has 0 bridgehead atoms. The van der Waals surface area contributed by atoms with E-state index in [1.165, 1.54) is 0 Å². The molecule has 3 rings (SSSR count). The molecule has 1 fully saturated rings. The first-order chi connectivity index (χ1) is 11.2. The van der Waals surface area contributed by atoms with Gasteiger partial charge in [-0.15, -0.1) is 0 Å². The number of amides is 2. The van der Waals surface area contributed by atoms with Crippen LogP contribution in [0.1, 0.15) is 36.0 Å². The van der Waals surface area contributed by atoms with Crippen molar-refractivity contribution in [1.82, 2.24) is 5.32 Å². The molecule has 0 radical (unpaired) electrons. The SMILES string of the molecule is COCCCNC(=O)c1ccc2c(c1)NC(=O)[C@H]1CCCCN21. The summed E-state index contributed by atoms with van der Waals surface area (Å²) in [6.45, 7) is 2.09. The number of nitrogens with zero attached hydrogens (tertiary/aromatic N) is 1. The molecule has 23 heavy (non-hydrogen) atoms. The summed E-state index contributed by atoms with van der Waals surface area (Å²) < 4.78 is 4.96. The average molecular weight is 317 g/mol. The van der Waals surface area contributed by atoms with Crippen LogP contribution in [0, 0.1) is 0 Å². The first kappa shape index (κ1) is 15.8. The van der Waals surface area contributed by atoms with Crippen LogP contribution >= 0.6 is 0 Å². The van der Waals surface area contributed by atoms with Crippen molar-refractivity contribution in [2.24, 2.45) is 0 Å². The van der Waals surface area contributed by atoms with E-state index < -0.39 is 0 Å². The molecule has 124 valence electrons. The molecule has 1 atom stereocenters. The van der Waals surface area contributed by atoms with Crippen molar-refractivity contribution >= 4 is 23.2 Å². The van der Waals surface area contributed by atoms with Gasteiger partial charge in [0.1, 0.15) is 6.04 Å². The van der Waals surface area contributed by atoms with Gasteiger partial charge in [0.05, 0.1) is 11.4 Å². The van der Waals surface area contributed by atoms with Gasteiger partial charge in [-0.25, -0.2) is 0 Å². The Bertz CT molecular complexity index is 603. The summed E-state index contributed by atoms with van der Waals surface area (Å²) in [5.41, 5.74) is 2.32. The number of hydrogen-bond donors (Lipinski definition) is 2. The normalized spacial score (nSPS) is 19.6. The highest BCUT2D eigenvalue weighted by molar-refractivity contribution is 6.05. The van der Waals surface area contributed by atoms with Gasteiger partial charge in [-0.3, -0.25) is 9.59 Å². The fourth-order valence-corrected chi connectivity index (χ4v) is 3.26. The lowest BCUT2D eigenvalue weighted by atomic mass is 9.97. The number of carbonyl (C=O) groups excluding carboxylic acids is 2. The Hall–Kier alpha value is -2.08. The maximum atomic E-state index is 12.2. The fourth-order valence-electron chi connectivity index (χ4n) is 3.26. The number of nitrogens with one attached hydrogen (secondary N) is 2. The lowest BCUT2D eigenvalue weighted by Gasteiger charge is -2.41. The molecule has 0 spiro atoms. The van der Waals surface area contributed by atoms with Crippen LogP contribution in [0.4, 0.5) is 11.4 Å². The number of hydrogen-bond acceptors (Lipinski definition) is 4. The quantitative estimate of drug-likeness (QED) is 0.812. The minimum Gasteiger partial charge on any atom is -0.385 e. The molecule has 0 aliphatic carbocycles. The topological polar surface area (TPSA) is 70.7 Å². The average Bonchev–Trinajstić information content (AvgIpc) is 2.58. The van der Waals surface area contributed by atoms with Crippen LogP contribution in [0.5, 0.6) is 0 Å². The first-order valence-corrected chi connectivity index (χ1v) is 8.19. The minimum atomic E-state index is -0.126. The minimum absolute atomic E-state index is 0.0369. The first-order valence-electron chi connectivity index (χ1n) is 8.19. The number of carbonyl (C=O) groups is 2. The second kappa shape index (κ2) is 7.00. The molecule has 6 nitrogen and oxygen atoms in total. The molecule has 1 aromatic carbocycles. The van der Waals surface area contributed by atoms with E-state index in [1.807, 2.05) is 12.1 Å². The number of anilines is 2. The van der Waals surface area contributed by atoms with Crippen molar-refractivity contribution in [3.8, 4) is 0 Å². The Labute approximate surface area is 136 Å². The molecule has 2 amide bonds. The third kappa shape index (κ3) is 3.32.